The summed E-state index contributed by atoms with van der Waals surface area (Å²) in [4.78, 5) is 33.3. The number of carboxylic acids is 1. The van der Waals surface area contributed by atoms with Crippen molar-refractivity contribution in [3.63, 3.8) is 0 Å². The number of carbonyl (C=O) groups excluding carboxylic acids is 2. The van der Waals surface area contributed by atoms with Gasteiger partial charge in [0, 0.05) is 19.3 Å². The highest BCUT2D eigenvalue weighted by molar-refractivity contribution is 5.77. The maximum Gasteiger partial charge on any atom is 0.303 e. The molecule has 0 bridgehead atoms. The molecule has 7 nitrogen and oxygen atoms in total. The largest absolute Gasteiger partial charge is 0.481 e. The highest BCUT2D eigenvalue weighted by Gasteiger charge is 2.19. The maximum atomic E-state index is 11.9. The van der Waals surface area contributed by atoms with Crippen LogP contribution < -0.4 is 5.32 Å². The van der Waals surface area contributed by atoms with Crippen molar-refractivity contribution >= 4 is 17.7 Å². The predicted molar refractivity (Wildman–Crippen MR) is 122 cm³/mol. The normalized spacial score (nSPS) is 12.1. The molecule has 0 spiro atoms. The van der Waals surface area contributed by atoms with E-state index in [-0.39, 0.29) is 24.5 Å². The molecule has 4 N–H and O–H groups in total. The zero-order valence-corrected chi connectivity index (χ0v) is 19.4. The van der Waals surface area contributed by atoms with Crippen LogP contribution in [0.4, 0.5) is 0 Å². The molecule has 0 heterocycles. The van der Waals surface area contributed by atoms with Crippen LogP contribution in [-0.4, -0.2) is 45.3 Å². The van der Waals surface area contributed by atoms with Gasteiger partial charge in [-0.2, -0.15) is 0 Å². The Morgan fingerprint density at radius 1 is 0.645 bits per heavy atom. The lowest BCUT2D eigenvalue weighted by atomic mass is 10.0. The van der Waals surface area contributed by atoms with E-state index in [0.717, 1.165) is 38.5 Å². The average molecular weight is 444 g/mol. The maximum absolute atomic E-state index is 11.9. The van der Waals surface area contributed by atoms with E-state index in [0.29, 0.717) is 12.8 Å². The van der Waals surface area contributed by atoms with Crippen molar-refractivity contribution in [2.75, 3.05) is 0 Å². The molecule has 1 amide bonds. The van der Waals surface area contributed by atoms with Gasteiger partial charge in [0.15, 0.2) is 6.29 Å². The first-order valence-electron chi connectivity index (χ1n) is 12.2. The van der Waals surface area contributed by atoms with Gasteiger partial charge in [-0.25, -0.2) is 0 Å². The molecule has 0 rings (SSSR count). The van der Waals surface area contributed by atoms with Crippen LogP contribution in [0.1, 0.15) is 122 Å². The van der Waals surface area contributed by atoms with E-state index in [1.807, 2.05) is 0 Å². The number of carbonyl (C=O) groups is 3. The van der Waals surface area contributed by atoms with Gasteiger partial charge in [0.25, 0.3) is 0 Å². The minimum Gasteiger partial charge on any atom is -0.481 e. The van der Waals surface area contributed by atoms with Crippen LogP contribution in [0.3, 0.4) is 0 Å². The Morgan fingerprint density at radius 3 is 1.39 bits per heavy atom. The molecule has 0 fully saturated rings. The lowest BCUT2D eigenvalue weighted by Gasteiger charge is -2.20. The van der Waals surface area contributed by atoms with E-state index in [4.69, 9.17) is 5.11 Å². The number of hydrogen-bond donors (Lipinski definition) is 4. The highest BCUT2D eigenvalue weighted by Crippen LogP contribution is 2.14. The number of Topliss-reactive ketones (excluding diaryl/α,β-unsaturated/α-hetero) is 1. The number of carboxylic acid groups (broad SMARTS) is 1. The number of amides is 1. The van der Waals surface area contributed by atoms with Gasteiger partial charge in [-0.05, 0) is 26.2 Å². The van der Waals surface area contributed by atoms with Crippen LogP contribution in [0.5, 0.6) is 0 Å². The summed E-state index contributed by atoms with van der Waals surface area (Å²) in [5, 5.41) is 29.8. The van der Waals surface area contributed by atoms with E-state index in [1.54, 1.807) is 0 Å². The van der Waals surface area contributed by atoms with Gasteiger partial charge in [0.1, 0.15) is 5.78 Å². The summed E-state index contributed by atoms with van der Waals surface area (Å²) in [6, 6.07) is -0.784. The first-order valence-corrected chi connectivity index (χ1v) is 12.2. The Balaban J connectivity index is 3.42. The second-order valence-corrected chi connectivity index (χ2v) is 8.67. The number of aliphatic hydroxyl groups is 2. The molecule has 0 saturated heterocycles. The average Bonchev–Trinajstić information content (AvgIpc) is 2.70. The Bertz CT molecular complexity index is 481. The summed E-state index contributed by atoms with van der Waals surface area (Å²) < 4.78 is 0. The Hall–Kier alpha value is -1.47. The van der Waals surface area contributed by atoms with Gasteiger partial charge >= 0.3 is 5.97 Å². The Morgan fingerprint density at radius 2 is 1.03 bits per heavy atom. The molecule has 0 aliphatic carbocycles. The molecular weight excluding hydrogens is 398 g/mol. The summed E-state index contributed by atoms with van der Waals surface area (Å²) in [6.07, 6.45) is 15.3. The number of nitrogens with one attached hydrogen (secondary N) is 1. The molecule has 0 saturated carbocycles. The van der Waals surface area contributed by atoms with E-state index in [1.165, 1.54) is 58.3 Å². The van der Waals surface area contributed by atoms with Gasteiger partial charge in [0.2, 0.25) is 5.91 Å². The quantitative estimate of drug-likeness (QED) is 0.144. The molecule has 0 aromatic heterocycles. The number of ketones is 1. The van der Waals surface area contributed by atoms with Crippen LogP contribution in [0, 0.1) is 0 Å². The summed E-state index contributed by atoms with van der Waals surface area (Å²) in [6.45, 7) is 1.44. The molecule has 0 aromatic rings. The van der Waals surface area contributed by atoms with E-state index in [2.05, 4.69) is 5.32 Å². The summed E-state index contributed by atoms with van der Waals surface area (Å²) >= 11 is 0. The van der Waals surface area contributed by atoms with Crippen molar-refractivity contribution in [1.82, 2.24) is 5.32 Å². The van der Waals surface area contributed by atoms with E-state index < -0.39 is 18.3 Å². The highest BCUT2D eigenvalue weighted by atomic mass is 16.5. The van der Waals surface area contributed by atoms with Gasteiger partial charge in [-0.1, -0.05) is 77.0 Å². The summed E-state index contributed by atoms with van der Waals surface area (Å²) in [5.41, 5.74) is 0. The number of aliphatic carboxylic acids is 1. The van der Waals surface area contributed by atoms with Crippen molar-refractivity contribution < 1.29 is 29.7 Å². The third-order valence-corrected chi connectivity index (χ3v) is 5.56. The number of unbranched alkanes of at least 4 members (excludes halogenated alkanes) is 13. The monoisotopic (exact) mass is 443 g/mol. The molecule has 1 atom stereocenters. The van der Waals surface area contributed by atoms with Crippen molar-refractivity contribution in [2.45, 2.75) is 135 Å². The van der Waals surface area contributed by atoms with Crippen LogP contribution in [0.15, 0.2) is 0 Å². The second kappa shape index (κ2) is 20.4. The van der Waals surface area contributed by atoms with Crippen molar-refractivity contribution in [3.8, 4) is 0 Å². The fourth-order valence-corrected chi connectivity index (χ4v) is 3.62. The first-order chi connectivity index (χ1) is 14.8. The van der Waals surface area contributed by atoms with E-state index >= 15 is 0 Å². The molecule has 0 aliphatic rings. The minimum absolute atomic E-state index is 0.0372. The second-order valence-electron chi connectivity index (χ2n) is 8.67. The molecule has 0 radical (unpaired) electrons. The Labute approximate surface area is 188 Å². The molecule has 7 heteroatoms. The van der Waals surface area contributed by atoms with Gasteiger partial charge in [-0.3, -0.25) is 9.59 Å². The van der Waals surface area contributed by atoms with Crippen molar-refractivity contribution in [1.29, 1.82) is 0 Å². The number of aliphatic hydroxyl groups excluding tert-OH is 1. The van der Waals surface area contributed by atoms with Gasteiger partial charge in [0.05, 0.1) is 6.04 Å². The zero-order valence-electron chi connectivity index (χ0n) is 19.4. The van der Waals surface area contributed by atoms with Crippen LogP contribution in [-0.2, 0) is 14.4 Å². The summed E-state index contributed by atoms with van der Waals surface area (Å²) in [7, 11) is 0. The third-order valence-electron chi connectivity index (χ3n) is 5.56. The van der Waals surface area contributed by atoms with E-state index in [9.17, 15) is 24.6 Å². The summed E-state index contributed by atoms with van der Waals surface area (Å²) in [5.74, 6) is -0.923. The van der Waals surface area contributed by atoms with Crippen molar-refractivity contribution in [3.05, 3.63) is 0 Å². The van der Waals surface area contributed by atoms with Crippen molar-refractivity contribution in [2.24, 2.45) is 0 Å². The third kappa shape index (κ3) is 21.5. The first kappa shape index (κ1) is 29.5. The fraction of sp³-hybridized carbons (Fsp3) is 0.875. The van der Waals surface area contributed by atoms with Crippen LogP contribution >= 0.6 is 0 Å². The molecule has 0 aliphatic heterocycles. The molecule has 0 aromatic carbocycles. The predicted octanol–water partition coefficient (Wildman–Crippen LogP) is 4.48. The number of rotatable bonds is 22. The SMILES string of the molecule is CC(=O)CC[C@H](NC(=O)CCCCCCCCCCCCCCCCC(=O)O)C(O)O. The van der Waals surface area contributed by atoms with Gasteiger partial charge in [-0.15, -0.1) is 0 Å². The minimum atomic E-state index is -1.65. The van der Waals surface area contributed by atoms with Crippen LogP contribution in [0.25, 0.3) is 0 Å². The zero-order chi connectivity index (χ0) is 23.3. The van der Waals surface area contributed by atoms with Crippen LogP contribution in [0.2, 0.25) is 0 Å². The number of hydrogen-bond acceptors (Lipinski definition) is 5. The van der Waals surface area contributed by atoms with Gasteiger partial charge < -0.3 is 25.4 Å². The molecule has 0 unspecified atom stereocenters. The smallest absolute Gasteiger partial charge is 0.303 e. The fourth-order valence-electron chi connectivity index (χ4n) is 3.62. The Kier molecular flexibility index (Phi) is 19.5. The molecule has 182 valence electrons. The lowest BCUT2D eigenvalue weighted by molar-refractivity contribution is -0.137. The topological polar surface area (TPSA) is 124 Å². The molecular formula is C24H45NO6. The lowest BCUT2D eigenvalue weighted by Crippen LogP contribution is -2.43. The standard InChI is InChI=1S/C24H45NO6/c1-20(26)18-19-21(24(30)31)25-22(27)16-14-12-10-8-6-4-2-3-5-7-9-11-13-15-17-23(28)29/h21,24,30-31H,2-19H2,1H3,(H,25,27)(H,28,29)/t21-/m0/s1. The molecule has 31 heavy (non-hydrogen) atoms.